The Morgan fingerprint density at radius 1 is 1.36 bits per heavy atom. The highest BCUT2D eigenvalue weighted by atomic mass is 15.3. The molecule has 0 amide bonds. The molecule has 1 rings (SSSR count). The topological polar surface area (TPSA) is 18.5 Å². The van der Waals surface area contributed by atoms with Gasteiger partial charge in [0.15, 0.2) is 0 Å². The molecule has 11 heavy (non-hydrogen) atoms. The molecule has 66 valence electrons. The number of nitrogens with zero attached hydrogens (tertiary/aromatic N) is 2. The van der Waals surface area contributed by atoms with Crippen LogP contribution in [0.2, 0.25) is 0 Å². The van der Waals surface area contributed by atoms with Crippen molar-refractivity contribution in [1.29, 1.82) is 0 Å². The molecule has 0 aromatic heterocycles. The lowest BCUT2D eigenvalue weighted by Crippen LogP contribution is -2.47. The molecule has 1 N–H and O–H groups in total. The van der Waals surface area contributed by atoms with Gasteiger partial charge >= 0.3 is 0 Å². The van der Waals surface area contributed by atoms with E-state index in [0.29, 0.717) is 0 Å². The SMILES string of the molecule is CCN(C)CN1CCNCC1. The van der Waals surface area contributed by atoms with Crippen LogP contribution in [0.1, 0.15) is 6.92 Å². The molecule has 3 nitrogen and oxygen atoms in total. The molecule has 1 heterocycles. The summed E-state index contributed by atoms with van der Waals surface area (Å²) in [6.07, 6.45) is 0. The maximum Gasteiger partial charge on any atom is 0.0504 e. The Morgan fingerprint density at radius 3 is 2.55 bits per heavy atom. The van der Waals surface area contributed by atoms with Gasteiger partial charge in [0.2, 0.25) is 0 Å². The molecular weight excluding hydrogens is 138 g/mol. The van der Waals surface area contributed by atoms with E-state index in [9.17, 15) is 0 Å². The highest BCUT2D eigenvalue weighted by molar-refractivity contribution is 4.66. The van der Waals surface area contributed by atoms with Gasteiger partial charge in [-0.25, -0.2) is 0 Å². The summed E-state index contributed by atoms with van der Waals surface area (Å²) in [5.41, 5.74) is 0. The van der Waals surface area contributed by atoms with Crippen molar-refractivity contribution < 1.29 is 0 Å². The molecule has 1 saturated heterocycles. The second kappa shape index (κ2) is 4.70. The minimum absolute atomic E-state index is 1.12. The molecule has 0 aliphatic carbocycles. The van der Waals surface area contributed by atoms with Crippen LogP contribution < -0.4 is 5.32 Å². The van der Waals surface area contributed by atoms with E-state index in [1.54, 1.807) is 0 Å². The second-order valence-electron chi connectivity index (χ2n) is 3.18. The summed E-state index contributed by atoms with van der Waals surface area (Å²) in [6.45, 7) is 9.16. The predicted molar refractivity (Wildman–Crippen MR) is 47.6 cm³/mol. The van der Waals surface area contributed by atoms with Gasteiger partial charge in [-0.15, -0.1) is 0 Å². The Hall–Kier alpha value is -0.120. The number of piperazine rings is 1. The lowest BCUT2D eigenvalue weighted by atomic mass is 10.4. The van der Waals surface area contributed by atoms with E-state index >= 15 is 0 Å². The van der Waals surface area contributed by atoms with Crippen molar-refractivity contribution in [2.45, 2.75) is 6.92 Å². The summed E-state index contributed by atoms with van der Waals surface area (Å²) in [5, 5.41) is 3.35. The summed E-state index contributed by atoms with van der Waals surface area (Å²) in [5.74, 6) is 0. The smallest absolute Gasteiger partial charge is 0.0504 e. The van der Waals surface area contributed by atoms with Crippen LogP contribution in [0.3, 0.4) is 0 Å². The normalized spacial score (nSPS) is 21.0. The molecule has 0 unspecified atom stereocenters. The Labute approximate surface area is 69.4 Å². The largest absolute Gasteiger partial charge is 0.314 e. The summed E-state index contributed by atoms with van der Waals surface area (Å²) >= 11 is 0. The van der Waals surface area contributed by atoms with Crippen molar-refractivity contribution in [3.63, 3.8) is 0 Å². The van der Waals surface area contributed by atoms with Gasteiger partial charge in [-0.1, -0.05) is 6.92 Å². The fourth-order valence-electron chi connectivity index (χ4n) is 1.29. The van der Waals surface area contributed by atoms with Gasteiger partial charge in [0.1, 0.15) is 0 Å². The van der Waals surface area contributed by atoms with Gasteiger partial charge in [0.05, 0.1) is 6.67 Å². The molecule has 0 aromatic carbocycles. The molecule has 1 aliphatic heterocycles. The van der Waals surface area contributed by atoms with E-state index < -0.39 is 0 Å². The van der Waals surface area contributed by atoms with Crippen LogP contribution in [0, 0.1) is 0 Å². The zero-order valence-corrected chi connectivity index (χ0v) is 7.64. The van der Waals surface area contributed by atoms with E-state index in [1.807, 2.05) is 0 Å². The lowest BCUT2D eigenvalue weighted by Gasteiger charge is -2.30. The van der Waals surface area contributed by atoms with Crippen LogP contribution in [0.25, 0.3) is 0 Å². The zero-order valence-electron chi connectivity index (χ0n) is 7.64. The Kier molecular flexibility index (Phi) is 3.83. The van der Waals surface area contributed by atoms with Gasteiger partial charge in [0.25, 0.3) is 0 Å². The minimum Gasteiger partial charge on any atom is -0.314 e. The Balaban J connectivity index is 2.13. The second-order valence-corrected chi connectivity index (χ2v) is 3.18. The summed E-state index contributed by atoms with van der Waals surface area (Å²) in [7, 11) is 2.17. The number of rotatable bonds is 3. The molecular formula is C8H19N3. The highest BCUT2D eigenvalue weighted by Crippen LogP contribution is 1.93. The molecule has 1 aliphatic rings. The molecule has 1 fully saturated rings. The van der Waals surface area contributed by atoms with Crippen molar-refractivity contribution in [1.82, 2.24) is 15.1 Å². The average molecular weight is 157 g/mol. The van der Waals surface area contributed by atoms with Crippen LogP contribution in [-0.4, -0.2) is 56.2 Å². The van der Waals surface area contributed by atoms with E-state index in [1.165, 1.54) is 13.1 Å². The van der Waals surface area contributed by atoms with Gasteiger partial charge in [-0.05, 0) is 13.6 Å². The first kappa shape index (κ1) is 8.97. The van der Waals surface area contributed by atoms with Gasteiger partial charge < -0.3 is 5.32 Å². The van der Waals surface area contributed by atoms with Gasteiger partial charge in [-0.3, -0.25) is 9.80 Å². The summed E-state index contributed by atoms with van der Waals surface area (Å²) < 4.78 is 0. The van der Waals surface area contributed by atoms with Crippen LogP contribution >= 0.6 is 0 Å². The molecule has 0 bridgehead atoms. The lowest BCUT2D eigenvalue weighted by molar-refractivity contribution is 0.144. The molecule has 0 radical (unpaired) electrons. The number of nitrogens with one attached hydrogen (secondary N) is 1. The molecule has 0 aromatic rings. The Morgan fingerprint density at radius 2 is 2.00 bits per heavy atom. The predicted octanol–water partition coefficient (Wildman–Crippen LogP) is -0.199. The van der Waals surface area contributed by atoms with Crippen molar-refractivity contribution in [2.24, 2.45) is 0 Å². The van der Waals surface area contributed by atoms with Gasteiger partial charge in [0, 0.05) is 26.2 Å². The number of hydrogen-bond donors (Lipinski definition) is 1. The third-order valence-corrected chi connectivity index (χ3v) is 2.19. The maximum atomic E-state index is 3.35. The van der Waals surface area contributed by atoms with E-state index in [-0.39, 0.29) is 0 Å². The van der Waals surface area contributed by atoms with E-state index in [0.717, 1.165) is 26.3 Å². The monoisotopic (exact) mass is 157 g/mol. The molecule has 0 saturated carbocycles. The van der Waals surface area contributed by atoms with Gasteiger partial charge in [-0.2, -0.15) is 0 Å². The van der Waals surface area contributed by atoms with E-state index in [4.69, 9.17) is 0 Å². The third kappa shape index (κ3) is 3.18. The van der Waals surface area contributed by atoms with Crippen LogP contribution in [0.15, 0.2) is 0 Å². The standard InChI is InChI=1S/C8H19N3/c1-3-10(2)8-11-6-4-9-5-7-11/h9H,3-8H2,1-2H3. The summed E-state index contributed by atoms with van der Waals surface area (Å²) in [4.78, 5) is 4.82. The van der Waals surface area contributed by atoms with Crippen LogP contribution in [-0.2, 0) is 0 Å². The third-order valence-electron chi connectivity index (χ3n) is 2.19. The Bertz CT molecular complexity index is 99.5. The average Bonchev–Trinajstić information content (AvgIpc) is 2.06. The molecule has 3 heteroatoms. The molecule has 0 atom stereocenters. The van der Waals surface area contributed by atoms with Crippen molar-refractivity contribution in [2.75, 3.05) is 46.4 Å². The first-order chi connectivity index (χ1) is 5.33. The van der Waals surface area contributed by atoms with Crippen molar-refractivity contribution in [3.8, 4) is 0 Å². The zero-order chi connectivity index (χ0) is 8.10. The van der Waals surface area contributed by atoms with Crippen LogP contribution in [0.5, 0.6) is 0 Å². The first-order valence-corrected chi connectivity index (χ1v) is 4.44. The van der Waals surface area contributed by atoms with Crippen molar-refractivity contribution >= 4 is 0 Å². The van der Waals surface area contributed by atoms with Crippen LogP contribution in [0.4, 0.5) is 0 Å². The van der Waals surface area contributed by atoms with Crippen molar-refractivity contribution in [3.05, 3.63) is 0 Å². The highest BCUT2D eigenvalue weighted by Gasteiger charge is 2.09. The number of hydrogen-bond acceptors (Lipinski definition) is 3. The quantitative estimate of drug-likeness (QED) is 0.612. The minimum atomic E-state index is 1.12. The fourth-order valence-corrected chi connectivity index (χ4v) is 1.29. The fraction of sp³-hybridized carbons (Fsp3) is 1.00. The van der Waals surface area contributed by atoms with E-state index in [2.05, 4.69) is 29.1 Å². The maximum absolute atomic E-state index is 3.35. The summed E-state index contributed by atoms with van der Waals surface area (Å²) in [6, 6.07) is 0. The first-order valence-electron chi connectivity index (χ1n) is 4.44. The molecule has 0 spiro atoms.